The van der Waals surface area contributed by atoms with Crippen LogP contribution in [0.3, 0.4) is 0 Å². The van der Waals surface area contributed by atoms with Crippen LogP contribution in [0, 0.1) is 12.8 Å². The molecule has 1 aromatic carbocycles. The van der Waals surface area contributed by atoms with E-state index in [1.165, 1.54) is 6.20 Å². The molecule has 7 heteroatoms. The first-order valence-electron chi connectivity index (χ1n) is 9.66. The Bertz CT molecular complexity index is 834. The molecule has 0 saturated carbocycles. The van der Waals surface area contributed by atoms with Crippen LogP contribution in [-0.4, -0.2) is 51.4 Å². The summed E-state index contributed by atoms with van der Waals surface area (Å²) in [5.41, 5.74) is 1.55. The van der Waals surface area contributed by atoms with Gasteiger partial charge in [-0.05, 0) is 49.9 Å². The van der Waals surface area contributed by atoms with Gasteiger partial charge in [0.2, 0.25) is 0 Å². The van der Waals surface area contributed by atoms with E-state index in [9.17, 15) is 14.7 Å². The lowest BCUT2D eigenvalue weighted by Crippen LogP contribution is -2.39. The third-order valence-electron chi connectivity index (χ3n) is 5.06. The molecule has 1 amide bonds. The molecule has 0 atom stereocenters. The highest BCUT2D eigenvalue weighted by atomic mass is 16.5. The van der Waals surface area contributed by atoms with E-state index < -0.39 is 5.97 Å². The zero-order chi connectivity index (χ0) is 20.3. The number of benzene rings is 1. The molecule has 1 saturated heterocycles. The minimum Gasteiger partial charge on any atom is -0.493 e. The van der Waals surface area contributed by atoms with E-state index in [0.717, 1.165) is 18.6 Å². The van der Waals surface area contributed by atoms with Gasteiger partial charge in [0.1, 0.15) is 11.3 Å². The minimum atomic E-state index is -0.961. The number of rotatable bonds is 6. The van der Waals surface area contributed by atoms with E-state index in [1.807, 2.05) is 17.0 Å². The molecule has 1 N–H and O–H groups in total. The zero-order valence-corrected chi connectivity index (χ0v) is 16.6. The summed E-state index contributed by atoms with van der Waals surface area (Å²) < 4.78 is 7.45. The van der Waals surface area contributed by atoms with E-state index in [-0.39, 0.29) is 17.5 Å². The van der Waals surface area contributed by atoms with Gasteiger partial charge >= 0.3 is 5.97 Å². The van der Waals surface area contributed by atoms with E-state index in [4.69, 9.17) is 4.74 Å². The molecule has 2 aromatic rings. The van der Waals surface area contributed by atoms with Gasteiger partial charge in [-0.2, -0.15) is 5.10 Å². The number of carbonyl (C=O) groups is 2. The van der Waals surface area contributed by atoms with Gasteiger partial charge < -0.3 is 14.7 Å². The fraction of sp³-hybridized carbons (Fsp3) is 0.476. The molecule has 2 heterocycles. The molecule has 0 radical (unpaired) electrons. The van der Waals surface area contributed by atoms with Crippen molar-refractivity contribution in [2.24, 2.45) is 5.92 Å². The molecular weight excluding hydrogens is 358 g/mol. The summed E-state index contributed by atoms with van der Waals surface area (Å²) in [6.45, 7) is 7.85. The normalized spacial score (nSPS) is 15.1. The van der Waals surface area contributed by atoms with Gasteiger partial charge in [0.05, 0.1) is 24.5 Å². The number of amides is 1. The van der Waals surface area contributed by atoms with Crippen LogP contribution in [-0.2, 0) is 0 Å². The van der Waals surface area contributed by atoms with Gasteiger partial charge in [0.25, 0.3) is 5.91 Å². The number of carboxylic acid groups (broad SMARTS) is 1. The molecule has 0 spiro atoms. The molecule has 1 aliphatic rings. The molecule has 1 aromatic heterocycles. The summed E-state index contributed by atoms with van der Waals surface area (Å²) in [6, 6.07) is 7.40. The van der Waals surface area contributed by atoms with Gasteiger partial charge in [0, 0.05) is 18.7 Å². The van der Waals surface area contributed by atoms with Crippen LogP contribution >= 0.6 is 0 Å². The Balaban J connectivity index is 1.58. The van der Waals surface area contributed by atoms with E-state index in [0.29, 0.717) is 36.9 Å². The van der Waals surface area contributed by atoms with Gasteiger partial charge in [0.15, 0.2) is 0 Å². The molecule has 1 fully saturated rings. The highest BCUT2D eigenvalue weighted by Gasteiger charge is 2.27. The van der Waals surface area contributed by atoms with E-state index in [1.54, 1.807) is 23.7 Å². The van der Waals surface area contributed by atoms with Crippen LogP contribution < -0.4 is 4.74 Å². The maximum atomic E-state index is 12.8. The van der Waals surface area contributed by atoms with Crippen LogP contribution in [0.4, 0.5) is 0 Å². The van der Waals surface area contributed by atoms with Crippen molar-refractivity contribution >= 4 is 11.9 Å². The molecule has 150 valence electrons. The Morgan fingerprint density at radius 2 is 1.86 bits per heavy atom. The molecular formula is C21H27N3O4. The van der Waals surface area contributed by atoms with Crippen LogP contribution in [0.1, 0.15) is 59.1 Å². The number of ether oxygens (including phenoxy) is 1. The molecule has 3 rings (SSSR count). The molecule has 0 aliphatic carbocycles. The summed E-state index contributed by atoms with van der Waals surface area (Å²) in [5.74, 6) is 0.273. The van der Waals surface area contributed by atoms with Crippen molar-refractivity contribution in [1.29, 1.82) is 0 Å². The minimum absolute atomic E-state index is 0.0114. The molecule has 28 heavy (non-hydrogen) atoms. The van der Waals surface area contributed by atoms with E-state index >= 15 is 0 Å². The first kappa shape index (κ1) is 19.9. The largest absolute Gasteiger partial charge is 0.493 e. The Morgan fingerprint density at radius 1 is 1.21 bits per heavy atom. The summed E-state index contributed by atoms with van der Waals surface area (Å²) in [5, 5.41) is 13.4. The quantitative estimate of drug-likeness (QED) is 0.824. The number of hydrogen-bond donors (Lipinski definition) is 1. The fourth-order valence-electron chi connectivity index (χ4n) is 3.45. The van der Waals surface area contributed by atoms with E-state index in [2.05, 4.69) is 18.9 Å². The average Bonchev–Trinajstić information content (AvgIpc) is 3.08. The Hall–Kier alpha value is -2.83. The highest BCUT2D eigenvalue weighted by molar-refractivity contribution is 5.94. The average molecular weight is 385 g/mol. The van der Waals surface area contributed by atoms with Crippen molar-refractivity contribution in [3.05, 3.63) is 47.3 Å². The first-order chi connectivity index (χ1) is 13.4. The third-order valence-corrected chi connectivity index (χ3v) is 5.06. The van der Waals surface area contributed by atoms with Gasteiger partial charge in [-0.25, -0.2) is 4.79 Å². The SMILES string of the molecule is Cc1c(C(=O)O)cnn1C1CCN(C(=O)c2ccc(OCC(C)C)cc2)CC1. The zero-order valence-electron chi connectivity index (χ0n) is 16.6. The Morgan fingerprint density at radius 3 is 2.39 bits per heavy atom. The van der Waals surface area contributed by atoms with Gasteiger partial charge in [-0.15, -0.1) is 0 Å². The summed E-state index contributed by atoms with van der Waals surface area (Å²) in [7, 11) is 0. The van der Waals surface area contributed by atoms with Crippen molar-refractivity contribution in [3.63, 3.8) is 0 Å². The number of aromatic nitrogens is 2. The van der Waals surface area contributed by atoms with Crippen molar-refractivity contribution in [2.45, 2.75) is 39.7 Å². The van der Waals surface area contributed by atoms with Crippen LogP contribution in [0.2, 0.25) is 0 Å². The lowest BCUT2D eigenvalue weighted by molar-refractivity contribution is 0.0688. The number of nitrogens with zero attached hydrogens (tertiary/aromatic N) is 3. The summed E-state index contributed by atoms with van der Waals surface area (Å²) in [6.07, 6.45) is 2.91. The fourth-order valence-corrected chi connectivity index (χ4v) is 3.45. The monoisotopic (exact) mass is 385 g/mol. The highest BCUT2D eigenvalue weighted by Crippen LogP contribution is 2.26. The number of likely N-dealkylation sites (tertiary alicyclic amines) is 1. The van der Waals surface area contributed by atoms with Crippen molar-refractivity contribution in [3.8, 4) is 5.75 Å². The number of carbonyl (C=O) groups excluding carboxylic acids is 1. The molecule has 1 aliphatic heterocycles. The molecule has 0 bridgehead atoms. The lowest BCUT2D eigenvalue weighted by Gasteiger charge is -2.32. The molecule has 0 unspecified atom stereocenters. The summed E-state index contributed by atoms with van der Waals surface area (Å²) in [4.78, 5) is 25.8. The number of carboxylic acids is 1. The maximum absolute atomic E-state index is 12.8. The second kappa shape index (κ2) is 8.46. The number of aromatic carboxylic acids is 1. The second-order valence-corrected chi connectivity index (χ2v) is 7.65. The van der Waals surface area contributed by atoms with Crippen molar-refractivity contribution < 1.29 is 19.4 Å². The van der Waals surface area contributed by atoms with Crippen molar-refractivity contribution in [2.75, 3.05) is 19.7 Å². The standard InChI is InChI=1S/C21H27N3O4/c1-14(2)13-28-18-6-4-16(5-7-18)20(25)23-10-8-17(9-11-23)24-15(3)19(12-22-24)21(26)27/h4-7,12,14,17H,8-11,13H2,1-3H3,(H,26,27). The number of hydrogen-bond acceptors (Lipinski definition) is 4. The predicted molar refractivity (Wildman–Crippen MR) is 105 cm³/mol. The lowest BCUT2D eigenvalue weighted by atomic mass is 10.0. The molecule has 7 nitrogen and oxygen atoms in total. The second-order valence-electron chi connectivity index (χ2n) is 7.65. The Labute approximate surface area is 164 Å². The third kappa shape index (κ3) is 4.35. The number of piperidine rings is 1. The van der Waals surface area contributed by atoms with Crippen molar-refractivity contribution in [1.82, 2.24) is 14.7 Å². The summed E-state index contributed by atoms with van der Waals surface area (Å²) >= 11 is 0. The first-order valence-corrected chi connectivity index (χ1v) is 9.66. The maximum Gasteiger partial charge on any atom is 0.339 e. The topological polar surface area (TPSA) is 84.7 Å². The Kier molecular flexibility index (Phi) is 6.02. The van der Waals surface area contributed by atoms with Crippen LogP contribution in [0.5, 0.6) is 5.75 Å². The smallest absolute Gasteiger partial charge is 0.339 e. The van der Waals surface area contributed by atoms with Gasteiger partial charge in [-0.1, -0.05) is 13.8 Å². The predicted octanol–water partition coefficient (Wildman–Crippen LogP) is 3.40. The van der Waals surface area contributed by atoms with Crippen LogP contribution in [0.25, 0.3) is 0 Å². The van der Waals surface area contributed by atoms with Crippen LogP contribution in [0.15, 0.2) is 30.5 Å². The van der Waals surface area contributed by atoms with Gasteiger partial charge in [-0.3, -0.25) is 9.48 Å².